The minimum atomic E-state index is -3.84. The van der Waals surface area contributed by atoms with Crippen LogP contribution in [-0.2, 0) is 19.4 Å². The fourth-order valence-corrected chi connectivity index (χ4v) is 11.7. The first kappa shape index (κ1) is 37.7. The van der Waals surface area contributed by atoms with Gasteiger partial charge in [0.15, 0.2) is 0 Å². The van der Waals surface area contributed by atoms with Crippen LogP contribution in [0.2, 0.25) is 0 Å². The molecule has 2 aliphatic heterocycles. The number of hydrogen-bond acceptors (Lipinski definition) is 9. The number of urea groups is 1. The predicted molar refractivity (Wildman–Crippen MR) is 203 cm³/mol. The first-order valence-corrected chi connectivity index (χ1v) is 21.3. The zero-order chi connectivity index (χ0) is 35.8. The molecule has 3 unspecified atom stereocenters. The minimum absolute atomic E-state index is 0.0538. The molecule has 2 aliphatic rings. The van der Waals surface area contributed by atoms with Crippen LogP contribution in [0.25, 0.3) is 11.1 Å². The highest BCUT2D eigenvalue weighted by molar-refractivity contribution is 8.01. The minimum Gasteiger partial charge on any atom is -0.383 e. The summed E-state index contributed by atoms with van der Waals surface area (Å²) >= 11 is 4.39. The fourth-order valence-electron chi connectivity index (χ4n) is 6.24. The van der Waals surface area contributed by atoms with Gasteiger partial charge in [0.25, 0.3) is 0 Å². The number of carbonyl (C=O) groups is 3. The summed E-state index contributed by atoms with van der Waals surface area (Å²) in [7, 11) is -3.84. The molecule has 0 bridgehead atoms. The van der Waals surface area contributed by atoms with Crippen molar-refractivity contribution in [1.29, 1.82) is 5.41 Å². The molecule has 7 N–H and O–H groups in total. The number of carbonyl (C=O) groups excluding carboxylic acids is 3. The van der Waals surface area contributed by atoms with Crippen LogP contribution in [0.15, 0.2) is 62.5 Å². The Bertz CT molecular complexity index is 1850. The van der Waals surface area contributed by atoms with Gasteiger partial charge in [-0.1, -0.05) is 31.0 Å². The van der Waals surface area contributed by atoms with Crippen LogP contribution < -0.4 is 27.0 Å². The third kappa shape index (κ3) is 9.42. The topological polar surface area (TPSA) is 183 Å². The Hall–Kier alpha value is -3.53. The number of sulfone groups is 1. The van der Waals surface area contributed by atoms with Crippen LogP contribution in [0.5, 0.6) is 0 Å². The quantitative estimate of drug-likeness (QED) is 0.0323. The van der Waals surface area contributed by atoms with Gasteiger partial charge in [-0.15, -0.1) is 23.1 Å². The lowest BCUT2D eigenvalue weighted by atomic mass is 10.00. The summed E-state index contributed by atoms with van der Waals surface area (Å²) in [6.07, 6.45) is 7.79. The Morgan fingerprint density at radius 2 is 1.80 bits per heavy atom. The van der Waals surface area contributed by atoms with Crippen molar-refractivity contribution in [3.8, 4) is 11.1 Å². The highest BCUT2D eigenvalue weighted by Crippen LogP contribution is 2.38. The van der Waals surface area contributed by atoms with E-state index in [0.717, 1.165) is 54.5 Å². The molecule has 0 aliphatic carbocycles. The normalized spacial score (nSPS) is 18.3. The SMILES string of the molecule is CSc1sc(C(=N)N)cc1S(=O)(=O)c1cccc(-c2ccc(NC(=O)CCCCCNC(=O)CCCCC3SCC4NC(=O)NC43)cc2C)c1. The van der Waals surface area contributed by atoms with E-state index in [2.05, 4.69) is 21.3 Å². The van der Waals surface area contributed by atoms with Gasteiger partial charge in [-0.2, -0.15) is 11.8 Å². The van der Waals surface area contributed by atoms with E-state index in [1.807, 2.05) is 43.0 Å². The van der Waals surface area contributed by atoms with Crippen molar-refractivity contribution in [1.82, 2.24) is 16.0 Å². The molecule has 2 fully saturated rings. The number of hydrogen-bond donors (Lipinski definition) is 6. The molecule has 4 amide bonds. The molecule has 0 spiro atoms. The van der Waals surface area contributed by atoms with Crippen molar-refractivity contribution < 1.29 is 22.8 Å². The Kier molecular flexibility index (Phi) is 12.9. The van der Waals surface area contributed by atoms with E-state index >= 15 is 0 Å². The lowest BCUT2D eigenvalue weighted by molar-refractivity contribution is -0.121. The summed E-state index contributed by atoms with van der Waals surface area (Å²) < 4.78 is 27.8. The number of nitrogens with two attached hydrogens (primary N) is 1. The molecule has 15 heteroatoms. The second kappa shape index (κ2) is 17.1. The largest absolute Gasteiger partial charge is 0.383 e. The predicted octanol–water partition coefficient (Wildman–Crippen LogP) is 5.90. The number of benzene rings is 2. The summed E-state index contributed by atoms with van der Waals surface area (Å²) in [6.45, 7) is 2.51. The molecule has 3 atom stereocenters. The van der Waals surface area contributed by atoms with Crippen LogP contribution in [-0.4, -0.2) is 68.0 Å². The van der Waals surface area contributed by atoms with Gasteiger partial charge in [0, 0.05) is 36.1 Å². The number of aryl methyl sites for hydroxylation is 1. The number of nitrogens with one attached hydrogen (secondary N) is 5. The molecule has 50 heavy (non-hydrogen) atoms. The van der Waals surface area contributed by atoms with Gasteiger partial charge < -0.3 is 27.0 Å². The monoisotopic (exact) mass is 756 g/mol. The lowest BCUT2D eigenvalue weighted by Gasteiger charge is -2.16. The van der Waals surface area contributed by atoms with Crippen molar-refractivity contribution in [3.05, 3.63) is 59.0 Å². The third-order valence-electron chi connectivity index (χ3n) is 8.86. The first-order chi connectivity index (χ1) is 24.0. The molecular formula is C35H44N6O5S4. The van der Waals surface area contributed by atoms with Crippen molar-refractivity contribution in [3.63, 3.8) is 0 Å². The smallest absolute Gasteiger partial charge is 0.315 e. The van der Waals surface area contributed by atoms with E-state index in [9.17, 15) is 22.8 Å². The molecule has 11 nitrogen and oxygen atoms in total. The second-order valence-electron chi connectivity index (χ2n) is 12.5. The zero-order valence-electron chi connectivity index (χ0n) is 28.2. The number of rotatable bonds is 17. The molecule has 5 rings (SSSR count). The maximum atomic E-state index is 13.6. The van der Waals surface area contributed by atoms with Crippen LogP contribution in [0, 0.1) is 12.3 Å². The van der Waals surface area contributed by atoms with Crippen molar-refractivity contribution in [2.24, 2.45) is 5.73 Å². The van der Waals surface area contributed by atoms with Gasteiger partial charge in [0.05, 0.1) is 31.0 Å². The standard InChI is InChI=1S/C35H44N6O5S4/c1-21-17-23(14-15-25(21)22-9-8-10-24(18-22)50(45,46)29-19-28(33(36)37)49-34(29)47-2)39-31(43)13-4-3-7-16-38-30(42)12-6-5-11-27-32-26(20-48-27)40-35(44)41-32/h8-10,14-15,17-19,26-27,32H,3-7,11-13,16,20H2,1-2H3,(H3,36,37)(H,38,42)(H,39,43)(H2,40,41,44). The van der Waals surface area contributed by atoms with Gasteiger partial charge in [-0.3, -0.25) is 15.0 Å². The summed E-state index contributed by atoms with van der Waals surface area (Å²) in [5.74, 6) is 0.747. The molecule has 3 heterocycles. The molecule has 0 radical (unpaired) electrons. The van der Waals surface area contributed by atoms with Gasteiger partial charge in [-0.25, -0.2) is 13.2 Å². The number of thioether (sulfide) groups is 2. The molecule has 2 saturated heterocycles. The number of thiophene rings is 1. The first-order valence-electron chi connectivity index (χ1n) is 16.7. The van der Waals surface area contributed by atoms with Crippen molar-refractivity contribution in [2.45, 2.75) is 89.6 Å². The summed E-state index contributed by atoms with van der Waals surface area (Å²) in [5, 5.41) is 20.0. The Balaban J connectivity index is 1.01. The van der Waals surface area contributed by atoms with Crippen molar-refractivity contribution in [2.75, 3.05) is 23.9 Å². The molecular weight excluding hydrogens is 713 g/mol. The fraction of sp³-hybridized carbons (Fsp3) is 0.429. The van der Waals surface area contributed by atoms with Crippen LogP contribution in [0.1, 0.15) is 61.8 Å². The zero-order valence-corrected chi connectivity index (χ0v) is 31.4. The maximum Gasteiger partial charge on any atom is 0.315 e. The Labute approximate surface area is 306 Å². The molecule has 2 aromatic carbocycles. The third-order valence-corrected chi connectivity index (χ3v) is 14.7. The van der Waals surface area contributed by atoms with Gasteiger partial charge in [0.1, 0.15) is 5.84 Å². The van der Waals surface area contributed by atoms with Crippen LogP contribution in [0.4, 0.5) is 10.5 Å². The summed E-state index contributed by atoms with van der Waals surface area (Å²) in [4.78, 5) is 37.1. The van der Waals surface area contributed by atoms with Gasteiger partial charge >= 0.3 is 6.03 Å². The number of anilines is 1. The highest BCUT2D eigenvalue weighted by atomic mass is 32.2. The van der Waals surface area contributed by atoms with Gasteiger partial charge in [0.2, 0.25) is 21.7 Å². The Morgan fingerprint density at radius 3 is 2.56 bits per heavy atom. The van der Waals surface area contributed by atoms with Crippen molar-refractivity contribution >= 4 is 74.1 Å². The number of nitrogen functional groups attached to an aromatic ring is 1. The Morgan fingerprint density at radius 1 is 1.02 bits per heavy atom. The van der Waals surface area contributed by atoms with E-state index in [1.165, 1.54) is 29.2 Å². The molecule has 1 aromatic heterocycles. The highest BCUT2D eigenvalue weighted by Gasteiger charge is 2.42. The average molecular weight is 757 g/mol. The van der Waals surface area contributed by atoms with Crippen LogP contribution in [0.3, 0.4) is 0 Å². The van der Waals surface area contributed by atoms with E-state index < -0.39 is 9.84 Å². The van der Waals surface area contributed by atoms with E-state index in [4.69, 9.17) is 11.1 Å². The second-order valence-corrected chi connectivity index (χ2v) is 17.8. The lowest BCUT2D eigenvalue weighted by Crippen LogP contribution is -2.36. The van der Waals surface area contributed by atoms with E-state index in [-0.39, 0.29) is 45.6 Å². The molecule has 0 saturated carbocycles. The molecule has 3 aromatic rings. The summed E-state index contributed by atoms with van der Waals surface area (Å²) in [6, 6.07) is 14.2. The summed E-state index contributed by atoms with van der Waals surface area (Å²) in [5.41, 5.74) is 8.77. The van der Waals surface area contributed by atoms with Crippen LogP contribution >= 0.6 is 34.9 Å². The van der Waals surface area contributed by atoms with Gasteiger partial charge in [-0.05, 0) is 85.9 Å². The number of unbranched alkanes of at least 4 members (excludes halogenated alkanes) is 3. The van der Waals surface area contributed by atoms with E-state index in [0.29, 0.717) is 45.8 Å². The van der Waals surface area contributed by atoms with E-state index in [1.54, 1.807) is 24.5 Å². The molecule has 268 valence electrons. The average Bonchev–Trinajstić information content (AvgIpc) is 3.80. The maximum absolute atomic E-state index is 13.6. The number of amidine groups is 1. The number of fused-ring (bicyclic) bond motifs is 1. The number of amides is 4.